The van der Waals surface area contributed by atoms with Gasteiger partial charge in [-0.15, -0.1) is 11.3 Å². The van der Waals surface area contributed by atoms with Gasteiger partial charge in [-0.25, -0.2) is 4.68 Å². The Morgan fingerprint density at radius 3 is 2.50 bits per heavy atom. The lowest BCUT2D eigenvalue weighted by atomic mass is 10.2. The minimum atomic E-state index is -0.121. The van der Waals surface area contributed by atoms with Crippen LogP contribution in [0.15, 0.2) is 36.4 Å². The van der Waals surface area contributed by atoms with Crippen molar-refractivity contribution >= 4 is 33.1 Å². The zero-order chi connectivity index (χ0) is 18.4. The van der Waals surface area contributed by atoms with Crippen LogP contribution in [0.1, 0.15) is 26.8 Å². The standard InChI is InChI=1S/C19H19N5OS/c1-11-15-10-16(26-19(15)23(4)21-11)18(25)20-17-12(2)22-24(13(17)3)14-8-6-5-7-9-14/h5-10H,1-4H3,(H,20,25). The third kappa shape index (κ3) is 2.61. The maximum atomic E-state index is 12.8. The van der Waals surface area contributed by atoms with Crippen molar-refractivity contribution < 1.29 is 4.79 Å². The van der Waals surface area contributed by atoms with Crippen LogP contribution in [0.5, 0.6) is 0 Å². The third-order valence-electron chi connectivity index (χ3n) is 4.45. The Bertz CT molecular complexity index is 1090. The molecule has 0 saturated carbocycles. The summed E-state index contributed by atoms with van der Waals surface area (Å²) in [6, 6.07) is 11.8. The number of aryl methyl sites for hydroxylation is 3. The highest BCUT2D eigenvalue weighted by atomic mass is 32.1. The summed E-state index contributed by atoms with van der Waals surface area (Å²) in [5.74, 6) is -0.121. The second-order valence-corrected chi connectivity index (χ2v) is 7.32. The fraction of sp³-hybridized carbons (Fsp3) is 0.211. The molecule has 0 aliphatic heterocycles. The number of anilines is 1. The fourth-order valence-corrected chi connectivity index (χ4v) is 4.15. The van der Waals surface area contributed by atoms with Crippen LogP contribution in [0, 0.1) is 20.8 Å². The minimum Gasteiger partial charge on any atom is -0.318 e. The summed E-state index contributed by atoms with van der Waals surface area (Å²) in [6.45, 7) is 5.82. The zero-order valence-electron chi connectivity index (χ0n) is 15.1. The van der Waals surface area contributed by atoms with Crippen molar-refractivity contribution in [1.29, 1.82) is 0 Å². The number of rotatable bonds is 3. The highest BCUT2D eigenvalue weighted by Crippen LogP contribution is 2.29. The van der Waals surface area contributed by atoms with E-state index in [1.54, 1.807) is 0 Å². The molecule has 26 heavy (non-hydrogen) atoms. The summed E-state index contributed by atoms with van der Waals surface area (Å²) in [7, 11) is 1.89. The molecule has 1 N–H and O–H groups in total. The number of fused-ring (bicyclic) bond motifs is 1. The number of para-hydroxylation sites is 1. The summed E-state index contributed by atoms with van der Waals surface area (Å²) in [5.41, 5.74) is 4.35. The number of nitrogens with zero attached hydrogens (tertiary/aromatic N) is 4. The fourth-order valence-electron chi connectivity index (χ4n) is 3.14. The molecule has 7 heteroatoms. The van der Waals surface area contributed by atoms with Crippen LogP contribution in [-0.4, -0.2) is 25.5 Å². The summed E-state index contributed by atoms with van der Waals surface area (Å²) in [6.07, 6.45) is 0. The number of aromatic nitrogens is 4. The van der Waals surface area contributed by atoms with Gasteiger partial charge in [0, 0.05) is 12.4 Å². The normalized spacial score (nSPS) is 11.2. The van der Waals surface area contributed by atoms with E-state index in [1.165, 1.54) is 11.3 Å². The topological polar surface area (TPSA) is 64.7 Å². The number of thiophene rings is 1. The maximum absolute atomic E-state index is 12.8. The first-order valence-electron chi connectivity index (χ1n) is 8.32. The molecule has 0 atom stereocenters. The summed E-state index contributed by atoms with van der Waals surface area (Å²) in [5, 5.41) is 13.0. The number of hydrogen-bond acceptors (Lipinski definition) is 4. The van der Waals surface area contributed by atoms with Crippen molar-refractivity contribution in [1.82, 2.24) is 19.6 Å². The molecule has 0 aliphatic carbocycles. The van der Waals surface area contributed by atoms with Gasteiger partial charge in [0.2, 0.25) is 0 Å². The van der Waals surface area contributed by atoms with Gasteiger partial charge in [-0.2, -0.15) is 10.2 Å². The van der Waals surface area contributed by atoms with Crippen LogP contribution in [-0.2, 0) is 7.05 Å². The van der Waals surface area contributed by atoms with Gasteiger partial charge >= 0.3 is 0 Å². The number of carbonyl (C=O) groups is 1. The molecule has 6 nitrogen and oxygen atoms in total. The van der Waals surface area contributed by atoms with E-state index in [2.05, 4.69) is 15.5 Å². The van der Waals surface area contributed by atoms with E-state index in [9.17, 15) is 4.79 Å². The van der Waals surface area contributed by atoms with E-state index in [0.717, 1.165) is 38.7 Å². The van der Waals surface area contributed by atoms with E-state index in [0.29, 0.717) is 4.88 Å². The predicted octanol–water partition coefficient (Wildman–Crippen LogP) is 4.00. The van der Waals surface area contributed by atoms with Gasteiger partial charge in [0.05, 0.1) is 33.3 Å². The van der Waals surface area contributed by atoms with Crippen molar-refractivity contribution in [2.75, 3.05) is 5.32 Å². The number of hydrogen-bond donors (Lipinski definition) is 1. The van der Waals surface area contributed by atoms with Crippen LogP contribution < -0.4 is 5.32 Å². The lowest BCUT2D eigenvalue weighted by Crippen LogP contribution is -2.11. The van der Waals surface area contributed by atoms with Gasteiger partial charge in [0.15, 0.2) is 0 Å². The van der Waals surface area contributed by atoms with Gasteiger partial charge in [0.1, 0.15) is 4.83 Å². The Balaban J connectivity index is 1.67. The SMILES string of the molecule is Cc1nn(-c2ccccc2)c(C)c1NC(=O)c1cc2c(C)nn(C)c2s1. The molecule has 1 aromatic carbocycles. The predicted molar refractivity (Wildman–Crippen MR) is 104 cm³/mol. The summed E-state index contributed by atoms with van der Waals surface area (Å²) >= 11 is 1.45. The lowest BCUT2D eigenvalue weighted by Gasteiger charge is -2.06. The smallest absolute Gasteiger partial charge is 0.265 e. The van der Waals surface area contributed by atoms with Crippen LogP contribution in [0.3, 0.4) is 0 Å². The van der Waals surface area contributed by atoms with Crippen molar-refractivity contribution in [3.05, 3.63) is 58.4 Å². The number of carbonyl (C=O) groups excluding carboxylic acids is 1. The molecule has 0 radical (unpaired) electrons. The molecule has 3 aromatic heterocycles. The maximum Gasteiger partial charge on any atom is 0.265 e. The molecule has 0 bridgehead atoms. The van der Waals surface area contributed by atoms with E-state index < -0.39 is 0 Å². The first-order valence-corrected chi connectivity index (χ1v) is 9.13. The van der Waals surface area contributed by atoms with Gasteiger partial charge in [-0.1, -0.05) is 18.2 Å². The summed E-state index contributed by atoms with van der Waals surface area (Å²) < 4.78 is 3.67. The van der Waals surface area contributed by atoms with E-state index in [-0.39, 0.29) is 5.91 Å². The molecule has 132 valence electrons. The Kier molecular flexibility index (Phi) is 3.88. The van der Waals surface area contributed by atoms with E-state index >= 15 is 0 Å². The van der Waals surface area contributed by atoms with Crippen LogP contribution in [0.25, 0.3) is 15.9 Å². The first-order chi connectivity index (χ1) is 12.5. The molecule has 0 unspecified atom stereocenters. The minimum absolute atomic E-state index is 0.121. The van der Waals surface area contributed by atoms with Crippen molar-refractivity contribution in [2.45, 2.75) is 20.8 Å². The van der Waals surface area contributed by atoms with Gasteiger partial charge < -0.3 is 5.32 Å². The molecule has 0 aliphatic rings. The largest absolute Gasteiger partial charge is 0.318 e. The zero-order valence-corrected chi connectivity index (χ0v) is 15.9. The van der Waals surface area contributed by atoms with Crippen LogP contribution in [0.2, 0.25) is 0 Å². The molecule has 3 heterocycles. The quantitative estimate of drug-likeness (QED) is 0.597. The Labute approximate surface area is 155 Å². The number of nitrogens with one attached hydrogen (secondary N) is 1. The lowest BCUT2D eigenvalue weighted by molar-refractivity contribution is 0.103. The first kappa shape index (κ1) is 16.5. The van der Waals surface area contributed by atoms with Crippen molar-refractivity contribution in [3.63, 3.8) is 0 Å². The van der Waals surface area contributed by atoms with Crippen LogP contribution in [0.4, 0.5) is 5.69 Å². The van der Waals surface area contributed by atoms with Crippen LogP contribution >= 0.6 is 11.3 Å². The third-order valence-corrected chi connectivity index (χ3v) is 5.65. The van der Waals surface area contributed by atoms with E-state index in [1.807, 2.05) is 73.6 Å². The second-order valence-electron chi connectivity index (χ2n) is 6.29. The monoisotopic (exact) mass is 365 g/mol. The average Bonchev–Trinajstić information content (AvgIpc) is 3.27. The van der Waals surface area contributed by atoms with Crippen molar-refractivity contribution in [2.24, 2.45) is 7.05 Å². The van der Waals surface area contributed by atoms with Gasteiger partial charge in [0.25, 0.3) is 5.91 Å². The molecular formula is C19H19N5OS. The highest BCUT2D eigenvalue weighted by Gasteiger charge is 2.19. The molecule has 0 spiro atoms. The molecular weight excluding hydrogens is 346 g/mol. The Hall–Kier alpha value is -2.93. The molecule has 0 fully saturated rings. The molecule has 4 aromatic rings. The van der Waals surface area contributed by atoms with Gasteiger partial charge in [-0.05, 0) is 39.0 Å². The molecule has 0 saturated heterocycles. The molecule has 1 amide bonds. The van der Waals surface area contributed by atoms with E-state index in [4.69, 9.17) is 0 Å². The highest BCUT2D eigenvalue weighted by molar-refractivity contribution is 7.20. The average molecular weight is 365 g/mol. The Morgan fingerprint density at radius 1 is 1.08 bits per heavy atom. The van der Waals surface area contributed by atoms with Crippen molar-refractivity contribution in [3.8, 4) is 5.69 Å². The molecule has 4 rings (SSSR count). The number of amides is 1. The second kappa shape index (κ2) is 6.10. The Morgan fingerprint density at radius 2 is 1.81 bits per heavy atom. The summed E-state index contributed by atoms with van der Waals surface area (Å²) in [4.78, 5) is 14.5. The number of benzene rings is 1. The van der Waals surface area contributed by atoms with Gasteiger partial charge in [-0.3, -0.25) is 9.48 Å².